The number of phenols is 1. The van der Waals surface area contributed by atoms with Crippen LogP contribution in [0.4, 0.5) is 5.69 Å². The van der Waals surface area contributed by atoms with Gasteiger partial charge in [-0.1, -0.05) is 0 Å². The highest BCUT2D eigenvalue weighted by Crippen LogP contribution is 2.25. The van der Waals surface area contributed by atoms with Gasteiger partial charge in [-0.2, -0.15) is 0 Å². The Bertz CT molecular complexity index is 767. The van der Waals surface area contributed by atoms with E-state index in [0.717, 1.165) is 23.5 Å². The molecule has 0 fully saturated rings. The van der Waals surface area contributed by atoms with E-state index in [0.29, 0.717) is 5.01 Å². The molecule has 106 valence electrons. The van der Waals surface area contributed by atoms with E-state index < -0.39 is 21.7 Å². The topological polar surface area (TPSA) is 117 Å². The number of hydrogen-bond donors (Lipinski definition) is 3. The average molecular weight is 314 g/mol. The van der Waals surface area contributed by atoms with E-state index in [-0.39, 0.29) is 15.5 Å². The number of aromatic nitrogens is 1. The van der Waals surface area contributed by atoms with Gasteiger partial charge in [0, 0.05) is 5.69 Å². The summed E-state index contributed by atoms with van der Waals surface area (Å²) in [7, 11) is -3.82. The predicted octanol–water partition coefficient (Wildman–Crippen LogP) is 1.66. The second-order valence-corrected chi connectivity index (χ2v) is 6.98. The second-order valence-electron chi connectivity index (χ2n) is 3.84. The van der Waals surface area contributed by atoms with Crippen LogP contribution >= 0.6 is 11.3 Å². The number of aromatic hydroxyl groups is 1. The molecule has 0 saturated carbocycles. The van der Waals surface area contributed by atoms with Crippen LogP contribution in [0.1, 0.15) is 15.4 Å². The SMILES string of the molecule is Cc1ncc(S(=O)(=O)Nc2ccc(O)c(C(=O)O)c2)s1. The van der Waals surface area contributed by atoms with E-state index in [1.807, 2.05) is 0 Å². The zero-order valence-electron chi connectivity index (χ0n) is 10.2. The Morgan fingerprint density at radius 1 is 1.40 bits per heavy atom. The number of aromatic carboxylic acids is 1. The zero-order valence-corrected chi connectivity index (χ0v) is 11.8. The Labute approximate surface area is 118 Å². The molecule has 9 heteroatoms. The van der Waals surface area contributed by atoms with Crippen LogP contribution in [0, 0.1) is 6.92 Å². The van der Waals surface area contributed by atoms with E-state index in [2.05, 4.69) is 9.71 Å². The number of carboxylic acids is 1. The van der Waals surface area contributed by atoms with Crippen LogP contribution in [0.2, 0.25) is 0 Å². The summed E-state index contributed by atoms with van der Waals surface area (Å²) in [6, 6.07) is 3.43. The molecule has 20 heavy (non-hydrogen) atoms. The fraction of sp³-hybridized carbons (Fsp3) is 0.0909. The summed E-state index contributed by atoms with van der Waals surface area (Å²) in [5.41, 5.74) is -0.336. The number of nitrogens with one attached hydrogen (secondary N) is 1. The van der Waals surface area contributed by atoms with Crippen LogP contribution < -0.4 is 4.72 Å². The number of anilines is 1. The van der Waals surface area contributed by atoms with Crippen LogP contribution in [0.25, 0.3) is 0 Å². The smallest absolute Gasteiger partial charge is 0.339 e. The first-order valence-electron chi connectivity index (χ1n) is 5.31. The summed E-state index contributed by atoms with van der Waals surface area (Å²) in [6.45, 7) is 1.67. The van der Waals surface area contributed by atoms with Crippen LogP contribution in [-0.4, -0.2) is 29.6 Å². The highest BCUT2D eigenvalue weighted by molar-refractivity contribution is 7.94. The molecule has 0 aliphatic rings. The lowest BCUT2D eigenvalue weighted by Crippen LogP contribution is -2.12. The number of benzene rings is 1. The maximum Gasteiger partial charge on any atom is 0.339 e. The Morgan fingerprint density at radius 3 is 2.65 bits per heavy atom. The van der Waals surface area contributed by atoms with Gasteiger partial charge in [0.05, 0.1) is 11.2 Å². The minimum Gasteiger partial charge on any atom is -0.507 e. The van der Waals surface area contributed by atoms with Crippen molar-refractivity contribution in [3.63, 3.8) is 0 Å². The molecule has 2 aromatic rings. The highest BCUT2D eigenvalue weighted by Gasteiger charge is 2.18. The number of aryl methyl sites for hydroxylation is 1. The largest absolute Gasteiger partial charge is 0.507 e. The summed E-state index contributed by atoms with van der Waals surface area (Å²) >= 11 is 1.00. The van der Waals surface area contributed by atoms with Gasteiger partial charge < -0.3 is 10.2 Å². The molecule has 0 aliphatic heterocycles. The molecule has 1 aromatic heterocycles. The molecular formula is C11H10N2O5S2. The van der Waals surface area contributed by atoms with Gasteiger partial charge in [0.1, 0.15) is 11.3 Å². The lowest BCUT2D eigenvalue weighted by Gasteiger charge is -2.07. The van der Waals surface area contributed by atoms with E-state index in [1.165, 1.54) is 12.3 Å². The Hall–Kier alpha value is -2.13. The normalized spacial score (nSPS) is 11.2. The van der Waals surface area contributed by atoms with Crippen molar-refractivity contribution in [2.45, 2.75) is 11.1 Å². The van der Waals surface area contributed by atoms with Crippen LogP contribution in [0.5, 0.6) is 5.75 Å². The fourth-order valence-electron chi connectivity index (χ4n) is 1.44. The van der Waals surface area contributed by atoms with E-state index in [9.17, 15) is 18.3 Å². The van der Waals surface area contributed by atoms with Crippen molar-refractivity contribution >= 4 is 33.0 Å². The first kappa shape index (κ1) is 14.3. The van der Waals surface area contributed by atoms with Gasteiger partial charge in [0.25, 0.3) is 10.0 Å². The van der Waals surface area contributed by atoms with Crippen LogP contribution in [-0.2, 0) is 10.0 Å². The molecule has 1 heterocycles. The maximum absolute atomic E-state index is 12.0. The van der Waals surface area contributed by atoms with Gasteiger partial charge in [-0.05, 0) is 25.1 Å². The lowest BCUT2D eigenvalue weighted by atomic mass is 10.2. The van der Waals surface area contributed by atoms with Gasteiger partial charge >= 0.3 is 5.97 Å². The van der Waals surface area contributed by atoms with E-state index in [4.69, 9.17) is 5.11 Å². The standard InChI is InChI=1S/C11H10N2O5S2/c1-6-12-5-10(19-6)20(17,18)13-7-2-3-9(14)8(4-7)11(15)16/h2-5,13-14H,1H3,(H,15,16). The molecular weight excluding hydrogens is 304 g/mol. The first-order chi connectivity index (χ1) is 9.29. The molecule has 0 amide bonds. The third-order valence-corrected chi connectivity index (χ3v) is 5.10. The highest BCUT2D eigenvalue weighted by atomic mass is 32.2. The van der Waals surface area contributed by atoms with Crippen molar-refractivity contribution < 1.29 is 23.4 Å². The number of hydrogen-bond acceptors (Lipinski definition) is 6. The summed E-state index contributed by atoms with van der Waals surface area (Å²) in [6.07, 6.45) is 1.22. The molecule has 0 atom stereocenters. The molecule has 0 radical (unpaired) electrons. The monoisotopic (exact) mass is 314 g/mol. The van der Waals surface area contributed by atoms with Crippen molar-refractivity contribution in [3.8, 4) is 5.75 Å². The van der Waals surface area contributed by atoms with Crippen molar-refractivity contribution in [3.05, 3.63) is 35.0 Å². The third kappa shape index (κ3) is 2.89. The summed E-state index contributed by atoms with van der Waals surface area (Å²) in [4.78, 5) is 14.7. The fourth-order valence-corrected chi connectivity index (χ4v) is 3.60. The van der Waals surface area contributed by atoms with Gasteiger partial charge in [0.15, 0.2) is 4.21 Å². The first-order valence-corrected chi connectivity index (χ1v) is 7.61. The summed E-state index contributed by atoms with van der Waals surface area (Å²) in [5.74, 6) is -1.79. The number of thiazole rings is 1. The van der Waals surface area contributed by atoms with Crippen LogP contribution in [0.15, 0.2) is 28.6 Å². The average Bonchev–Trinajstić information content (AvgIpc) is 2.78. The van der Waals surface area contributed by atoms with Crippen molar-refractivity contribution in [1.82, 2.24) is 4.98 Å². The molecule has 0 aliphatic carbocycles. The minimum atomic E-state index is -3.82. The molecule has 0 bridgehead atoms. The molecule has 0 saturated heterocycles. The predicted molar refractivity (Wildman–Crippen MR) is 72.7 cm³/mol. The zero-order chi connectivity index (χ0) is 14.9. The summed E-state index contributed by atoms with van der Waals surface area (Å²) < 4.78 is 26.3. The lowest BCUT2D eigenvalue weighted by molar-refractivity contribution is 0.0694. The maximum atomic E-state index is 12.0. The van der Waals surface area contributed by atoms with Crippen molar-refractivity contribution in [2.24, 2.45) is 0 Å². The van der Waals surface area contributed by atoms with Crippen molar-refractivity contribution in [1.29, 1.82) is 0 Å². The van der Waals surface area contributed by atoms with E-state index in [1.54, 1.807) is 6.92 Å². The molecule has 2 rings (SSSR count). The van der Waals surface area contributed by atoms with Gasteiger partial charge in [-0.3, -0.25) is 4.72 Å². The van der Waals surface area contributed by atoms with Gasteiger partial charge in [-0.15, -0.1) is 11.3 Å². The molecule has 0 spiro atoms. The number of rotatable bonds is 4. The number of nitrogens with zero attached hydrogens (tertiary/aromatic N) is 1. The Balaban J connectivity index is 2.35. The molecule has 0 unspecified atom stereocenters. The van der Waals surface area contributed by atoms with E-state index >= 15 is 0 Å². The Kier molecular flexibility index (Phi) is 3.64. The van der Waals surface area contributed by atoms with Crippen LogP contribution in [0.3, 0.4) is 0 Å². The number of carboxylic acid groups (broad SMARTS) is 1. The molecule has 7 nitrogen and oxygen atoms in total. The second kappa shape index (κ2) is 5.10. The van der Waals surface area contributed by atoms with Gasteiger partial charge in [-0.25, -0.2) is 18.2 Å². The molecule has 1 aromatic carbocycles. The third-order valence-electron chi connectivity index (χ3n) is 2.34. The number of carbonyl (C=O) groups is 1. The Morgan fingerprint density at radius 2 is 2.10 bits per heavy atom. The quantitative estimate of drug-likeness (QED) is 0.739. The summed E-state index contributed by atoms with van der Waals surface area (Å²) in [5, 5.41) is 18.8. The number of sulfonamides is 1. The van der Waals surface area contributed by atoms with Gasteiger partial charge in [0.2, 0.25) is 0 Å². The van der Waals surface area contributed by atoms with Crippen molar-refractivity contribution in [2.75, 3.05) is 4.72 Å². The molecule has 3 N–H and O–H groups in total. The minimum absolute atomic E-state index is 0.0277.